The molecular formula is C26H38O20. The van der Waals surface area contributed by atoms with E-state index in [-0.39, 0.29) is 39.3 Å². The molecule has 20 heteroatoms. The maximum atomic E-state index is 11.6. The molecule has 0 amide bonds. The van der Waals surface area contributed by atoms with Gasteiger partial charge in [-0.2, -0.15) is 19.4 Å². The Morgan fingerprint density at radius 3 is 1.20 bits per heavy atom. The standard InChI is InChI=1S/C20H30O16.C6H8O4/c1-11(21)15(23)33-13(3)17(25)29-7-5-9-31-19(27)35-36-20(28)32-10-6-8-30-18(26)14(4)34-16(24)12(2)22;1-3-5(7)10-4(2)6(8)9-3/h11-14,21-22H,5-10H2,1-4H3;3-4H,1-2H3/t11-,12+,13-,14+;3-,4-/m.0/s1. The first kappa shape index (κ1) is 41.3. The average molecular weight is 671 g/mol. The number of hydrogen-bond acceptors (Lipinski definition) is 20. The van der Waals surface area contributed by atoms with Crippen LogP contribution in [0.3, 0.4) is 0 Å². The number of ether oxygens (including phenoxy) is 8. The Labute approximate surface area is 262 Å². The fraction of sp³-hybridized carbons (Fsp3) is 0.692. The van der Waals surface area contributed by atoms with Gasteiger partial charge in [-0.05, 0) is 41.5 Å². The zero-order valence-electron chi connectivity index (χ0n) is 25.9. The minimum atomic E-state index is -1.39. The molecular weight excluding hydrogens is 632 g/mol. The number of carbonyl (C=O) groups is 8. The molecule has 1 saturated heterocycles. The van der Waals surface area contributed by atoms with Crippen LogP contribution in [-0.2, 0) is 76.4 Å². The maximum absolute atomic E-state index is 11.6. The molecule has 0 bridgehead atoms. The van der Waals surface area contributed by atoms with Gasteiger partial charge in [0.15, 0.2) is 24.4 Å². The smallest absolute Gasteiger partial charge is 0.463 e. The first-order valence-corrected chi connectivity index (χ1v) is 13.7. The third-order valence-corrected chi connectivity index (χ3v) is 4.87. The van der Waals surface area contributed by atoms with Crippen molar-refractivity contribution in [1.82, 2.24) is 0 Å². The Balaban J connectivity index is 0.00000170. The van der Waals surface area contributed by atoms with Crippen molar-refractivity contribution in [3.8, 4) is 0 Å². The van der Waals surface area contributed by atoms with Gasteiger partial charge in [0.2, 0.25) is 0 Å². The van der Waals surface area contributed by atoms with Crippen LogP contribution in [0.1, 0.15) is 54.4 Å². The molecule has 0 aliphatic carbocycles. The van der Waals surface area contributed by atoms with Crippen molar-refractivity contribution in [2.75, 3.05) is 26.4 Å². The summed E-state index contributed by atoms with van der Waals surface area (Å²) in [4.78, 5) is 97.5. The number of hydrogen-bond donors (Lipinski definition) is 2. The summed E-state index contributed by atoms with van der Waals surface area (Å²) >= 11 is 0. The molecule has 1 aliphatic rings. The fourth-order valence-electron chi connectivity index (χ4n) is 2.40. The Hall–Kier alpha value is -4.72. The zero-order valence-corrected chi connectivity index (χ0v) is 25.9. The third kappa shape index (κ3) is 18.2. The number of rotatable bonds is 14. The molecule has 46 heavy (non-hydrogen) atoms. The van der Waals surface area contributed by atoms with E-state index in [1.807, 2.05) is 0 Å². The maximum Gasteiger partial charge on any atom is 0.549 e. The summed E-state index contributed by atoms with van der Waals surface area (Å²) < 4.78 is 37.1. The van der Waals surface area contributed by atoms with Crippen LogP contribution in [0.4, 0.5) is 9.59 Å². The number of esters is 6. The summed E-state index contributed by atoms with van der Waals surface area (Å²) in [6.45, 7) is 6.86. The average Bonchev–Trinajstić information content (AvgIpc) is 2.98. The van der Waals surface area contributed by atoms with Gasteiger partial charge in [-0.15, -0.1) is 0 Å². The van der Waals surface area contributed by atoms with Crippen LogP contribution < -0.4 is 0 Å². The van der Waals surface area contributed by atoms with Gasteiger partial charge in [-0.3, -0.25) is 0 Å². The molecule has 0 saturated carbocycles. The van der Waals surface area contributed by atoms with E-state index in [2.05, 4.69) is 38.2 Å². The summed E-state index contributed by atoms with van der Waals surface area (Å²) in [7, 11) is 0. The molecule has 1 rings (SSSR count). The highest BCUT2D eigenvalue weighted by molar-refractivity contribution is 5.86. The molecule has 0 aromatic rings. The Morgan fingerprint density at radius 1 is 0.587 bits per heavy atom. The van der Waals surface area contributed by atoms with E-state index in [9.17, 15) is 38.4 Å². The molecule has 262 valence electrons. The zero-order chi connectivity index (χ0) is 35.4. The highest BCUT2D eigenvalue weighted by Crippen LogP contribution is 2.08. The molecule has 1 fully saturated rings. The minimum Gasteiger partial charge on any atom is -0.463 e. The van der Waals surface area contributed by atoms with Crippen molar-refractivity contribution in [3.63, 3.8) is 0 Å². The Bertz CT molecular complexity index is 970. The third-order valence-electron chi connectivity index (χ3n) is 4.87. The molecule has 0 spiro atoms. The largest absolute Gasteiger partial charge is 0.549 e. The fourth-order valence-corrected chi connectivity index (χ4v) is 2.40. The van der Waals surface area contributed by atoms with Crippen molar-refractivity contribution in [2.24, 2.45) is 0 Å². The van der Waals surface area contributed by atoms with Crippen LogP contribution >= 0.6 is 0 Å². The molecule has 1 heterocycles. The van der Waals surface area contributed by atoms with E-state index < -0.39 is 84.8 Å². The van der Waals surface area contributed by atoms with Gasteiger partial charge in [0.1, 0.15) is 12.2 Å². The van der Waals surface area contributed by atoms with E-state index in [0.29, 0.717) is 0 Å². The first-order chi connectivity index (χ1) is 21.5. The predicted octanol–water partition coefficient (Wildman–Crippen LogP) is -0.437. The molecule has 0 aromatic heterocycles. The molecule has 0 aromatic carbocycles. The van der Waals surface area contributed by atoms with E-state index >= 15 is 0 Å². The SMILES string of the molecule is C[C@@H]1OC(=O)[C@H](C)OC1=O.C[C@H](O)C(=O)O[C@@H](C)C(=O)OCCCOC(=O)OOC(=O)OCCCOC(=O)[C@@H](C)OC(=O)[C@@H](C)O. The minimum absolute atomic E-state index is 0.0396. The molecule has 1 aliphatic heterocycles. The normalized spacial score (nSPS) is 17.8. The lowest BCUT2D eigenvalue weighted by Gasteiger charge is -2.22. The first-order valence-electron chi connectivity index (χ1n) is 13.7. The summed E-state index contributed by atoms with van der Waals surface area (Å²) in [5.41, 5.74) is 0. The second-order valence-corrected chi connectivity index (χ2v) is 9.07. The Kier molecular flexibility index (Phi) is 19.6. The van der Waals surface area contributed by atoms with E-state index in [0.717, 1.165) is 0 Å². The van der Waals surface area contributed by atoms with Crippen molar-refractivity contribution in [1.29, 1.82) is 0 Å². The molecule has 2 N–H and O–H groups in total. The number of cyclic esters (lactones) is 2. The highest BCUT2D eigenvalue weighted by Gasteiger charge is 2.32. The Morgan fingerprint density at radius 2 is 0.891 bits per heavy atom. The second-order valence-electron chi connectivity index (χ2n) is 9.07. The lowest BCUT2D eigenvalue weighted by Crippen LogP contribution is -2.40. The predicted molar refractivity (Wildman–Crippen MR) is 142 cm³/mol. The van der Waals surface area contributed by atoms with Crippen LogP contribution in [-0.4, -0.2) is 121 Å². The van der Waals surface area contributed by atoms with Crippen LogP contribution in [0.2, 0.25) is 0 Å². The van der Waals surface area contributed by atoms with Gasteiger partial charge < -0.3 is 48.1 Å². The summed E-state index contributed by atoms with van der Waals surface area (Å²) in [6.07, 6.45) is -9.45. The monoisotopic (exact) mass is 670 g/mol. The van der Waals surface area contributed by atoms with E-state index in [4.69, 9.17) is 19.7 Å². The highest BCUT2D eigenvalue weighted by atomic mass is 17.3. The van der Waals surface area contributed by atoms with E-state index in [1.165, 1.54) is 41.5 Å². The molecule has 20 nitrogen and oxygen atoms in total. The van der Waals surface area contributed by atoms with E-state index in [1.54, 1.807) is 0 Å². The number of aliphatic hydroxyl groups excluding tert-OH is 2. The van der Waals surface area contributed by atoms with Crippen LogP contribution in [0.15, 0.2) is 0 Å². The lowest BCUT2D eigenvalue weighted by molar-refractivity contribution is -0.218. The van der Waals surface area contributed by atoms with Gasteiger partial charge in [0, 0.05) is 12.8 Å². The van der Waals surface area contributed by atoms with Crippen molar-refractivity contribution in [2.45, 2.75) is 91.0 Å². The summed E-state index contributed by atoms with van der Waals surface area (Å²) in [5.74, 6) is -4.69. The second kappa shape index (κ2) is 21.9. The number of carbonyl (C=O) groups excluding carboxylic acids is 8. The van der Waals surface area contributed by atoms with Gasteiger partial charge in [0.25, 0.3) is 0 Å². The van der Waals surface area contributed by atoms with Crippen LogP contribution in [0, 0.1) is 0 Å². The van der Waals surface area contributed by atoms with Gasteiger partial charge in [-0.1, -0.05) is 0 Å². The van der Waals surface area contributed by atoms with Crippen molar-refractivity contribution >= 4 is 48.1 Å². The van der Waals surface area contributed by atoms with Crippen molar-refractivity contribution < 1.29 is 96.2 Å². The molecule has 0 unspecified atom stereocenters. The molecule has 6 atom stereocenters. The van der Waals surface area contributed by atoms with Gasteiger partial charge in [-0.25, -0.2) is 28.8 Å². The topological polar surface area (TPSA) is 269 Å². The molecule has 0 radical (unpaired) electrons. The summed E-state index contributed by atoms with van der Waals surface area (Å²) in [6, 6.07) is 0. The number of aliphatic hydroxyl groups is 2. The van der Waals surface area contributed by atoms with Gasteiger partial charge in [0.05, 0.1) is 26.4 Å². The quantitative estimate of drug-likeness (QED) is 0.0779. The van der Waals surface area contributed by atoms with Crippen LogP contribution in [0.25, 0.3) is 0 Å². The van der Waals surface area contributed by atoms with Crippen LogP contribution in [0.5, 0.6) is 0 Å². The van der Waals surface area contributed by atoms with Crippen molar-refractivity contribution in [3.05, 3.63) is 0 Å². The lowest BCUT2D eigenvalue weighted by atomic mass is 10.3. The summed E-state index contributed by atoms with van der Waals surface area (Å²) in [5, 5.41) is 18.0. The van der Waals surface area contributed by atoms with Gasteiger partial charge >= 0.3 is 48.1 Å².